The van der Waals surface area contributed by atoms with Crippen molar-refractivity contribution in [2.45, 2.75) is 41.9 Å². The van der Waals surface area contributed by atoms with Crippen LogP contribution in [-0.4, -0.2) is 3.71 Å². The Balaban J connectivity index is 0.00000185. The zero-order chi connectivity index (χ0) is 26.4. The van der Waals surface area contributed by atoms with Gasteiger partial charge in [0.15, 0.2) is 0 Å². The largest absolute Gasteiger partial charge is 1.00 e. The summed E-state index contributed by atoms with van der Waals surface area (Å²) in [6.07, 6.45) is 5.09. The fraction of sp³-hybridized carbons (Fsp3) is 0.216. The van der Waals surface area contributed by atoms with Gasteiger partial charge in [0, 0.05) is 0 Å². The predicted octanol–water partition coefficient (Wildman–Crippen LogP) is 4.03. The molecule has 0 N–H and O–H groups in total. The number of hydrogen-bond acceptors (Lipinski definition) is 0. The minimum atomic E-state index is -2.26. The summed E-state index contributed by atoms with van der Waals surface area (Å²) >= 11 is -2.26. The second kappa shape index (κ2) is 12.7. The van der Waals surface area contributed by atoms with E-state index in [1.807, 2.05) is 0 Å². The smallest absolute Gasteiger partial charge is 1.00 e. The van der Waals surface area contributed by atoms with E-state index >= 15 is 0 Å². The van der Waals surface area contributed by atoms with Gasteiger partial charge in [-0.2, -0.15) is 0 Å². The van der Waals surface area contributed by atoms with Crippen LogP contribution in [0.15, 0.2) is 102 Å². The maximum atomic E-state index is 2.69. The zero-order valence-electron chi connectivity index (χ0n) is 23.9. The molecule has 40 heavy (non-hydrogen) atoms. The SMILES string of the molecule is C/[CH]=[Zr+2](/[CH]1C(C(C)C)=Cc2c(-c3ccccc3)cccc21)[CH]1C(C)=Cc2c(-c3ccccc3)ccc(C)c21.[Cl-].[Cl-]. The Labute approximate surface area is 260 Å². The normalized spacial score (nSPS) is 16.9. The van der Waals surface area contributed by atoms with E-state index in [1.165, 1.54) is 38.9 Å². The molecule has 2 aliphatic rings. The van der Waals surface area contributed by atoms with Crippen LogP contribution < -0.4 is 24.8 Å². The van der Waals surface area contributed by atoms with Gasteiger partial charge in [0.2, 0.25) is 0 Å². The van der Waals surface area contributed by atoms with E-state index in [2.05, 4.69) is 141 Å². The first kappa shape index (κ1) is 30.6. The van der Waals surface area contributed by atoms with E-state index in [-0.39, 0.29) is 24.8 Å². The molecular weight excluding hydrogens is 607 g/mol. The minimum Gasteiger partial charge on any atom is -1.00 e. The van der Waals surface area contributed by atoms with Crippen molar-refractivity contribution in [2.24, 2.45) is 5.92 Å². The third-order valence-corrected chi connectivity index (χ3v) is 16.9. The Hall–Kier alpha value is -2.31. The van der Waals surface area contributed by atoms with E-state index < -0.39 is 21.3 Å². The average Bonchev–Trinajstić information content (AvgIpc) is 3.50. The summed E-state index contributed by atoms with van der Waals surface area (Å²) in [7, 11) is 0. The molecule has 0 saturated heterocycles. The Morgan fingerprint density at radius 3 is 1.82 bits per heavy atom. The van der Waals surface area contributed by atoms with Crippen LogP contribution in [0.3, 0.4) is 0 Å². The molecule has 0 spiro atoms. The molecule has 0 radical (unpaired) electrons. The molecule has 202 valence electrons. The second-order valence-corrected chi connectivity index (χ2v) is 17.9. The van der Waals surface area contributed by atoms with Gasteiger partial charge in [-0.1, -0.05) is 0 Å². The van der Waals surface area contributed by atoms with Gasteiger partial charge in [0.05, 0.1) is 0 Å². The van der Waals surface area contributed by atoms with Crippen molar-refractivity contribution in [3.8, 4) is 22.3 Å². The first-order valence-electron chi connectivity index (χ1n) is 13.9. The Kier molecular flexibility index (Phi) is 9.72. The third-order valence-electron chi connectivity index (χ3n) is 8.55. The molecule has 6 rings (SSSR count). The van der Waals surface area contributed by atoms with Gasteiger partial charge in [-0.15, -0.1) is 0 Å². The van der Waals surface area contributed by atoms with Crippen LogP contribution in [0.4, 0.5) is 0 Å². The quantitative estimate of drug-likeness (QED) is 0.309. The second-order valence-electron chi connectivity index (χ2n) is 11.1. The molecule has 0 nitrogen and oxygen atoms in total. The monoisotopic (exact) mass is 640 g/mol. The molecule has 0 fully saturated rings. The van der Waals surface area contributed by atoms with Gasteiger partial charge in [-0.3, -0.25) is 0 Å². The number of allylic oxidation sites excluding steroid dienone is 2. The van der Waals surface area contributed by atoms with Crippen molar-refractivity contribution in [1.29, 1.82) is 0 Å². The Morgan fingerprint density at radius 2 is 1.25 bits per heavy atom. The van der Waals surface area contributed by atoms with Gasteiger partial charge in [0.25, 0.3) is 0 Å². The number of hydrogen-bond donors (Lipinski definition) is 0. The summed E-state index contributed by atoms with van der Waals surface area (Å²) in [5, 5.41) is 0. The molecular formula is C37H36Cl2Zr. The van der Waals surface area contributed by atoms with Crippen LogP contribution in [0.5, 0.6) is 0 Å². The molecule has 0 bridgehead atoms. The van der Waals surface area contributed by atoms with Gasteiger partial charge >= 0.3 is 237 Å². The predicted molar refractivity (Wildman–Crippen MR) is 162 cm³/mol. The van der Waals surface area contributed by atoms with Gasteiger partial charge in [-0.05, 0) is 0 Å². The minimum absolute atomic E-state index is 0. The van der Waals surface area contributed by atoms with E-state index in [1.54, 1.807) is 22.3 Å². The Bertz CT molecular complexity index is 1610. The zero-order valence-corrected chi connectivity index (χ0v) is 27.9. The molecule has 0 heterocycles. The molecule has 3 heteroatoms. The van der Waals surface area contributed by atoms with E-state index in [9.17, 15) is 0 Å². The molecule has 2 unspecified atom stereocenters. The molecule has 4 aromatic carbocycles. The molecule has 0 amide bonds. The number of rotatable bonds is 5. The maximum absolute atomic E-state index is 2.69. The summed E-state index contributed by atoms with van der Waals surface area (Å²) < 4.78 is 3.83. The molecule has 2 atom stereocenters. The van der Waals surface area contributed by atoms with Crippen molar-refractivity contribution in [1.82, 2.24) is 0 Å². The van der Waals surface area contributed by atoms with E-state index in [0.717, 1.165) is 0 Å². The molecule has 0 aromatic heterocycles. The molecule has 4 aromatic rings. The van der Waals surface area contributed by atoms with Gasteiger partial charge < -0.3 is 24.8 Å². The first-order valence-corrected chi connectivity index (χ1v) is 18.2. The first-order chi connectivity index (χ1) is 18.5. The summed E-state index contributed by atoms with van der Waals surface area (Å²) in [6, 6.07) is 33.6. The number of halogens is 2. The van der Waals surface area contributed by atoms with Crippen LogP contribution in [-0.2, 0) is 21.3 Å². The molecule has 0 saturated carbocycles. The molecule has 0 aliphatic heterocycles. The van der Waals surface area contributed by atoms with Crippen molar-refractivity contribution >= 4 is 15.9 Å². The van der Waals surface area contributed by atoms with E-state index in [4.69, 9.17) is 0 Å². The van der Waals surface area contributed by atoms with Crippen LogP contribution in [0.1, 0.15) is 62.8 Å². The summed E-state index contributed by atoms with van der Waals surface area (Å²) in [5.74, 6) is 0.536. The van der Waals surface area contributed by atoms with Crippen molar-refractivity contribution in [2.75, 3.05) is 0 Å². The van der Waals surface area contributed by atoms with Crippen LogP contribution in [0.25, 0.3) is 34.4 Å². The fourth-order valence-electron chi connectivity index (χ4n) is 6.79. The van der Waals surface area contributed by atoms with Crippen molar-refractivity contribution in [3.63, 3.8) is 0 Å². The van der Waals surface area contributed by atoms with E-state index in [0.29, 0.717) is 13.2 Å². The Morgan fingerprint density at radius 1 is 0.650 bits per heavy atom. The fourth-order valence-corrected chi connectivity index (χ4v) is 16.0. The van der Waals surface area contributed by atoms with Gasteiger partial charge in [-0.25, -0.2) is 0 Å². The van der Waals surface area contributed by atoms with Crippen LogP contribution in [0, 0.1) is 12.8 Å². The topological polar surface area (TPSA) is 0 Å². The third kappa shape index (κ3) is 5.22. The number of benzene rings is 4. The summed E-state index contributed by atoms with van der Waals surface area (Å²) in [5.41, 5.74) is 16.2. The summed E-state index contributed by atoms with van der Waals surface area (Å²) in [4.78, 5) is 0. The van der Waals surface area contributed by atoms with Crippen LogP contribution in [0.2, 0.25) is 0 Å². The molecule has 2 aliphatic carbocycles. The number of aryl methyl sites for hydroxylation is 1. The maximum Gasteiger partial charge on any atom is -1.00 e. The number of fused-ring (bicyclic) bond motifs is 2. The van der Waals surface area contributed by atoms with Crippen LogP contribution >= 0.6 is 0 Å². The average molecular weight is 643 g/mol. The van der Waals surface area contributed by atoms with Crippen molar-refractivity contribution < 1.29 is 46.1 Å². The standard InChI is InChI=1S/C18H17.C17H15.C2H4.2ClH.Zr/c1-13(2)16-11-15-9-6-10-17(18(15)12-16)14-7-4-3-5-8-14;1-12-10-16-13(2)8-9-15(17(16)11-12)14-6-4-3-5-7-14;1-2;;;/h3-13H,1-2H3;3-11H,1-2H3;1H,2H3;2*1H;/q;;;;;+2/p-2. The van der Waals surface area contributed by atoms with Crippen molar-refractivity contribution in [3.05, 3.63) is 130 Å². The summed E-state index contributed by atoms with van der Waals surface area (Å²) in [6.45, 7) is 11.9. The van der Waals surface area contributed by atoms with Gasteiger partial charge in [0.1, 0.15) is 0 Å².